The number of hydrogen-bond donors (Lipinski definition) is 1. The second kappa shape index (κ2) is 5.14. The first-order valence-electron chi connectivity index (χ1n) is 5.25. The van der Waals surface area contributed by atoms with E-state index >= 15 is 0 Å². The van der Waals surface area contributed by atoms with Gasteiger partial charge in [-0.15, -0.1) is 0 Å². The van der Waals surface area contributed by atoms with E-state index in [1.165, 1.54) is 30.6 Å². The number of carbonyl (C=O) groups is 1. The average molecular weight is 265 g/mol. The van der Waals surface area contributed by atoms with Gasteiger partial charge in [-0.05, 0) is 30.7 Å². The standard InChI is InChI=1S/C13H10ClFN2O/c1-8-2-3-9(15)6-12(8)17-13(18)10-4-5-16-7-11(10)14/h2-7H,1H3,(H,17,18). The van der Waals surface area contributed by atoms with E-state index in [9.17, 15) is 9.18 Å². The Balaban J connectivity index is 2.27. The Morgan fingerprint density at radius 2 is 2.17 bits per heavy atom. The number of hydrogen-bond acceptors (Lipinski definition) is 2. The summed E-state index contributed by atoms with van der Waals surface area (Å²) in [6.45, 7) is 1.78. The van der Waals surface area contributed by atoms with Crippen LogP contribution in [-0.4, -0.2) is 10.9 Å². The molecule has 0 aliphatic heterocycles. The van der Waals surface area contributed by atoms with Crippen LogP contribution >= 0.6 is 11.6 Å². The van der Waals surface area contributed by atoms with Crippen molar-refractivity contribution in [3.63, 3.8) is 0 Å². The van der Waals surface area contributed by atoms with Crippen molar-refractivity contribution in [2.75, 3.05) is 5.32 Å². The number of carbonyl (C=O) groups excluding carboxylic acids is 1. The van der Waals surface area contributed by atoms with Crippen molar-refractivity contribution in [3.05, 3.63) is 58.6 Å². The molecule has 92 valence electrons. The van der Waals surface area contributed by atoms with Crippen LogP contribution in [0, 0.1) is 12.7 Å². The molecule has 2 rings (SSSR count). The van der Waals surface area contributed by atoms with Gasteiger partial charge >= 0.3 is 0 Å². The Bertz CT molecular complexity index is 601. The molecule has 0 spiro atoms. The SMILES string of the molecule is Cc1ccc(F)cc1NC(=O)c1ccncc1Cl. The molecule has 0 atom stereocenters. The molecule has 3 nitrogen and oxygen atoms in total. The maximum absolute atomic E-state index is 13.1. The molecule has 1 amide bonds. The van der Waals surface area contributed by atoms with E-state index in [0.717, 1.165) is 5.56 Å². The van der Waals surface area contributed by atoms with Gasteiger partial charge < -0.3 is 5.32 Å². The molecule has 1 N–H and O–H groups in total. The molecule has 0 radical (unpaired) electrons. The molecule has 1 heterocycles. The maximum atomic E-state index is 13.1. The van der Waals surface area contributed by atoms with E-state index in [0.29, 0.717) is 11.3 Å². The highest BCUT2D eigenvalue weighted by Gasteiger charge is 2.11. The normalized spacial score (nSPS) is 10.2. The lowest BCUT2D eigenvalue weighted by molar-refractivity contribution is 0.102. The van der Waals surface area contributed by atoms with Crippen LogP contribution in [0.1, 0.15) is 15.9 Å². The van der Waals surface area contributed by atoms with E-state index in [1.807, 2.05) is 0 Å². The van der Waals surface area contributed by atoms with Crippen LogP contribution in [0.15, 0.2) is 36.7 Å². The number of amides is 1. The third-order valence-corrected chi connectivity index (χ3v) is 2.77. The van der Waals surface area contributed by atoms with Gasteiger partial charge in [-0.3, -0.25) is 9.78 Å². The van der Waals surface area contributed by atoms with Crippen LogP contribution in [-0.2, 0) is 0 Å². The van der Waals surface area contributed by atoms with Gasteiger partial charge in [0.05, 0.1) is 10.6 Å². The van der Waals surface area contributed by atoms with Crippen molar-refractivity contribution in [1.29, 1.82) is 0 Å². The van der Waals surface area contributed by atoms with Gasteiger partial charge in [0.1, 0.15) is 5.82 Å². The number of aromatic nitrogens is 1. The number of nitrogens with zero attached hydrogens (tertiary/aromatic N) is 1. The first kappa shape index (κ1) is 12.5. The lowest BCUT2D eigenvalue weighted by atomic mass is 10.2. The molecule has 0 aliphatic rings. The highest BCUT2D eigenvalue weighted by atomic mass is 35.5. The first-order valence-corrected chi connectivity index (χ1v) is 5.63. The molecule has 18 heavy (non-hydrogen) atoms. The van der Waals surface area contributed by atoms with Crippen LogP contribution in [0.5, 0.6) is 0 Å². The maximum Gasteiger partial charge on any atom is 0.257 e. The minimum absolute atomic E-state index is 0.254. The predicted molar refractivity (Wildman–Crippen MR) is 68.3 cm³/mol. The molecule has 5 heteroatoms. The summed E-state index contributed by atoms with van der Waals surface area (Å²) in [7, 11) is 0. The third-order valence-electron chi connectivity index (χ3n) is 2.46. The summed E-state index contributed by atoms with van der Waals surface area (Å²) in [5.74, 6) is -0.798. The number of nitrogens with one attached hydrogen (secondary N) is 1. The number of anilines is 1. The van der Waals surface area contributed by atoms with Gasteiger partial charge in [-0.1, -0.05) is 17.7 Å². The number of pyridine rings is 1. The second-order valence-electron chi connectivity index (χ2n) is 3.77. The molecular formula is C13H10ClFN2O. The largest absolute Gasteiger partial charge is 0.322 e. The van der Waals surface area contributed by atoms with Crippen molar-refractivity contribution >= 4 is 23.2 Å². The highest BCUT2D eigenvalue weighted by Crippen LogP contribution is 2.19. The smallest absolute Gasteiger partial charge is 0.257 e. The van der Waals surface area contributed by atoms with Crippen molar-refractivity contribution < 1.29 is 9.18 Å². The van der Waals surface area contributed by atoms with E-state index in [4.69, 9.17) is 11.6 Å². The molecule has 0 unspecified atom stereocenters. The van der Waals surface area contributed by atoms with Crippen LogP contribution in [0.3, 0.4) is 0 Å². The summed E-state index contributed by atoms with van der Waals surface area (Å²) < 4.78 is 13.1. The number of benzene rings is 1. The van der Waals surface area contributed by atoms with Gasteiger partial charge in [-0.25, -0.2) is 4.39 Å². The molecule has 0 aliphatic carbocycles. The van der Waals surface area contributed by atoms with Crippen LogP contribution in [0.2, 0.25) is 5.02 Å². The fourth-order valence-corrected chi connectivity index (χ4v) is 1.68. The first-order chi connectivity index (χ1) is 8.58. The molecule has 1 aromatic carbocycles. The zero-order valence-corrected chi connectivity index (χ0v) is 10.3. The Kier molecular flexibility index (Phi) is 3.58. The summed E-state index contributed by atoms with van der Waals surface area (Å²) in [5.41, 5.74) is 1.50. The Hall–Kier alpha value is -1.94. The Morgan fingerprint density at radius 3 is 2.89 bits per heavy atom. The van der Waals surface area contributed by atoms with Crippen LogP contribution in [0.4, 0.5) is 10.1 Å². The summed E-state index contributed by atoms with van der Waals surface area (Å²) >= 11 is 5.86. The third kappa shape index (κ3) is 2.65. The molecule has 1 aromatic heterocycles. The zero-order valence-electron chi connectivity index (χ0n) is 9.58. The van der Waals surface area contributed by atoms with E-state index in [-0.39, 0.29) is 5.02 Å². The van der Waals surface area contributed by atoms with Gasteiger partial charge in [0.2, 0.25) is 0 Å². The van der Waals surface area contributed by atoms with E-state index in [2.05, 4.69) is 10.3 Å². The van der Waals surface area contributed by atoms with Crippen molar-refractivity contribution in [2.45, 2.75) is 6.92 Å². The lowest BCUT2D eigenvalue weighted by Crippen LogP contribution is -2.13. The average Bonchev–Trinajstić information content (AvgIpc) is 2.34. The van der Waals surface area contributed by atoms with Gasteiger partial charge in [0.25, 0.3) is 5.91 Å². The minimum atomic E-state index is -0.406. The zero-order chi connectivity index (χ0) is 13.1. The minimum Gasteiger partial charge on any atom is -0.322 e. The molecule has 2 aromatic rings. The van der Waals surface area contributed by atoms with Gasteiger partial charge in [-0.2, -0.15) is 0 Å². The van der Waals surface area contributed by atoms with Gasteiger partial charge in [0.15, 0.2) is 0 Å². The van der Waals surface area contributed by atoms with E-state index < -0.39 is 11.7 Å². The van der Waals surface area contributed by atoms with Gasteiger partial charge in [0, 0.05) is 18.1 Å². The topological polar surface area (TPSA) is 42.0 Å². The highest BCUT2D eigenvalue weighted by molar-refractivity contribution is 6.34. The van der Waals surface area contributed by atoms with E-state index in [1.54, 1.807) is 13.0 Å². The molecular weight excluding hydrogens is 255 g/mol. The Labute approximate surface area is 109 Å². The van der Waals surface area contributed by atoms with Crippen LogP contribution < -0.4 is 5.32 Å². The molecule has 0 saturated heterocycles. The second-order valence-corrected chi connectivity index (χ2v) is 4.18. The summed E-state index contributed by atoms with van der Waals surface area (Å²) in [6, 6.07) is 5.71. The monoisotopic (exact) mass is 264 g/mol. The quantitative estimate of drug-likeness (QED) is 0.903. The predicted octanol–water partition coefficient (Wildman–Crippen LogP) is 3.43. The molecule has 0 bridgehead atoms. The molecule has 0 fully saturated rings. The van der Waals surface area contributed by atoms with Crippen molar-refractivity contribution in [3.8, 4) is 0 Å². The summed E-state index contributed by atoms with van der Waals surface area (Å²) in [4.78, 5) is 15.7. The lowest BCUT2D eigenvalue weighted by Gasteiger charge is -2.09. The number of halogens is 2. The number of rotatable bonds is 2. The van der Waals surface area contributed by atoms with Crippen molar-refractivity contribution in [1.82, 2.24) is 4.98 Å². The summed E-state index contributed by atoms with van der Waals surface area (Å²) in [5, 5.41) is 2.87. The fraction of sp³-hybridized carbons (Fsp3) is 0.0769. The Morgan fingerprint density at radius 1 is 1.39 bits per heavy atom. The van der Waals surface area contributed by atoms with Crippen molar-refractivity contribution in [2.24, 2.45) is 0 Å². The fourth-order valence-electron chi connectivity index (χ4n) is 1.48. The molecule has 0 saturated carbocycles. The number of aryl methyl sites for hydroxylation is 1. The van der Waals surface area contributed by atoms with Crippen LogP contribution in [0.25, 0.3) is 0 Å². The summed E-state index contributed by atoms with van der Waals surface area (Å²) in [6.07, 6.45) is 2.86.